The molecule has 0 radical (unpaired) electrons. The Balaban J connectivity index is 2.95. The minimum atomic E-state index is -0.608. The van der Waals surface area contributed by atoms with Gasteiger partial charge >= 0.3 is 0 Å². The van der Waals surface area contributed by atoms with Gasteiger partial charge in [0.05, 0.1) is 9.95 Å². The van der Waals surface area contributed by atoms with Crippen LogP contribution in [-0.4, -0.2) is 26.7 Å². The molecule has 0 aliphatic carbocycles. The van der Waals surface area contributed by atoms with Crippen molar-refractivity contribution < 1.29 is 10.1 Å². The third-order valence-corrected chi connectivity index (χ3v) is 3.30. The van der Waals surface area contributed by atoms with Crippen molar-refractivity contribution in [2.45, 2.75) is 25.3 Å². The van der Waals surface area contributed by atoms with E-state index in [0.717, 1.165) is 12.2 Å². The lowest BCUT2D eigenvalue weighted by atomic mass is 10.2. The van der Waals surface area contributed by atoms with Crippen LogP contribution in [-0.2, 0) is 0 Å². The summed E-state index contributed by atoms with van der Waals surface area (Å²) in [6.07, 6.45) is 1.02. The lowest BCUT2D eigenvalue weighted by molar-refractivity contribution is -0.385. The number of aromatic nitrogens is 1. The Morgan fingerprint density at radius 2 is 2.32 bits per heavy atom. The number of nitrogens with zero attached hydrogens (tertiary/aromatic N) is 3. The molecule has 104 valence electrons. The number of nitro groups is 1. The van der Waals surface area contributed by atoms with Crippen LogP contribution in [0.4, 0.5) is 5.69 Å². The molecular weight excluding hydrogens is 268 g/mol. The number of rotatable bonds is 6. The molecular formula is C11H16N4O3S. The first-order chi connectivity index (χ1) is 8.95. The van der Waals surface area contributed by atoms with Gasteiger partial charge in [0.25, 0.3) is 5.69 Å². The number of oxime groups is 1. The Kier molecular flexibility index (Phi) is 5.56. The van der Waals surface area contributed by atoms with Crippen LogP contribution in [0.3, 0.4) is 0 Å². The maximum atomic E-state index is 10.8. The maximum absolute atomic E-state index is 10.8. The second-order valence-electron chi connectivity index (χ2n) is 4.29. The fourth-order valence-corrected chi connectivity index (χ4v) is 2.42. The van der Waals surface area contributed by atoms with Crippen molar-refractivity contribution >= 4 is 23.3 Å². The minimum Gasteiger partial charge on any atom is -0.409 e. The molecule has 0 atom stereocenters. The molecule has 0 saturated heterocycles. The van der Waals surface area contributed by atoms with Crippen LogP contribution >= 0.6 is 11.8 Å². The molecule has 0 bridgehead atoms. The van der Waals surface area contributed by atoms with E-state index in [1.807, 2.05) is 0 Å². The number of hydrogen-bond acceptors (Lipinski definition) is 6. The maximum Gasteiger partial charge on any atom is 0.298 e. The van der Waals surface area contributed by atoms with Crippen molar-refractivity contribution in [3.63, 3.8) is 0 Å². The summed E-state index contributed by atoms with van der Waals surface area (Å²) < 4.78 is 0. The van der Waals surface area contributed by atoms with Gasteiger partial charge in [-0.15, -0.1) is 11.8 Å². The molecule has 0 spiro atoms. The molecule has 7 nitrogen and oxygen atoms in total. The molecule has 0 aliphatic rings. The predicted molar refractivity (Wildman–Crippen MR) is 73.6 cm³/mol. The largest absolute Gasteiger partial charge is 0.409 e. The second kappa shape index (κ2) is 6.93. The highest BCUT2D eigenvalue weighted by molar-refractivity contribution is 7.99. The smallest absolute Gasteiger partial charge is 0.298 e. The third-order valence-electron chi connectivity index (χ3n) is 2.34. The molecule has 1 aromatic rings. The predicted octanol–water partition coefficient (Wildman–Crippen LogP) is 2.22. The second-order valence-corrected chi connectivity index (χ2v) is 5.41. The lowest BCUT2D eigenvalue weighted by Gasteiger charge is -2.06. The van der Waals surface area contributed by atoms with E-state index >= 15 is 0 Å². The molecule has 3 N–H and O–H groups in total. The third kappa shape index (κ3) is 4.40. The monoisotopic (exact) mass is 284 g/mol. The molecule has 1 aromatic heterocycles. The zero-order valence-corrected chi connectivity index (χ0v) is 11.6. The van der Waals surface area contributed by atoms with Crippen LogP contribution in [0.5, 0.6) is 0 Å². The minimum absolute atomic E-state index is 0.109. The van der Waals surface area contributed by atoms with Gasteiger partial charge in [-0.2, -0.15) is 0 Å². The summed E-state index contributed by atoms with van der Waals surface area (Å²) in [4.78, 5) is 14.3. The first-order valence-electron chi connectivity index (χ1n) is 5.71. The summed E-state index contributed by atoms with van der Waals surface area (Å²) in [5.74, 6) is 1.07. The van der Waals surface area contributed by atoms with Gasteiger partial charge in [-0.1, -0.05) is 19.0 Å². The van der Waals surface area contributed by atoms with E-state index in [0.29, 0.717) is 10.9 Å². The van der Waals surface area contributed by atoms with E-state index in [4.69, 9.17) is 10.9 Å². The fraction of sp³-hybridized carbons (Fsp3) is 0.455. The van der Waals surface area contributed by atoms with Crippen LogP contribution in [0.1, 0.15) is 26.0 Å². The van der Waals surface area contributed by atoms with Gasteiger partial charge in [-0.05, 0) is 24.2 Å². The first kappa shape index (κ1) is 15.2. The van der Waals surface area contributed by atoms with Crippen molar-refractivity contribution in [2.75, 3.05) is 5.75 Å². The first-order valence-corrected chi connectivity index (χ1v) is 6.70. The fourth-order valence-electron chi connectivity index (χ4n) is 1.30. The zero-order chi connectivity index (χ0) is 14.4. The standard InChI is InChI=1S/C11H16N4O3S/c1-7(2)5-6-19-9-4-3-8(15(17)18)10(13-9)11(12)14-16/h3-4,7,16H,5-6H2,1-2H3,(H2,12,14). The zero-order valence-electron chi connectivity index (χ0n) is 10.7. The highest BCUT2D eigenvalue weighted by atomic mass is 32.2. The molecule has 19 heavy (non-hydrogen) atoms. The van der Waals surface area contributed by atoms with Gasteiger partial charge in [0.15, 0.2) is 11.5 Å². The van der Waals surface area contributed by atoms with Crippen LogP contribution in [0.2, 0.25) is 0 Å². The number of amidine groups is 1. The molecule has 1 heterocycles. The average molecular weight is 284 g/mol. The van der Waals surface area contributed by atoms with Gasteiger partial charge in [0.1, 0.15) is 0 Å². The van der Waals surface area contributed by atoms with Crippen molar-refractivity contribution in [1.82, 2.24) is 4.98 Å². The van der Waals surface area contributed by atoms with Crippen LogP contribution in [0.15, 0.2) is 22.3 Å². The van der Waals surface area contributed by atoms with Gasteiger partial charge in [-0.25, -0.2) is 4.98 Å². The molecule has 0 fully saturated rings. The van der Waals surface area contributed by atoms with Crippen molar-refractivity contribution in [3.8, 4) is 0 Å². The van der Waals surface area contributed by atoms with Crippen molar-refractivity contribution in [3.05, 3.63) is 27.9 Å². The summed E-state index contributed by atoms with van der Waals surface area (Å²) in [5, 5.41) is 22.8. The van der Waals surface area contributed by atoms with E-state index in [1.165, 1.54) is 17.8 Å². The molecule has 0 amide bonds. The highest BCUT2D eigenvalue weighted by Gasteiger charge is 2.19. The lowest BCUT2D eigenvalue weighted by Crippen LogP contribution is -2.17. The Hall–Kier alpha value is -1.83. The molecule has 0 aliphatic heterocycles. The number of nitrogens with two attached hydrogens (primary N) is 1. The van der Waals surface area contributed by atoms with Crippen molar-refractivity contribution in [1.29, 1.82) is 0 Å². The highest BCUT2D eigenvalue weighted by Crippen LogP contribution is 2.23. The summed E-state index contributed by atoms with van der Waals surface area (Å²) in [6, 6.07) is 2.88. The van der Waals surface area contributed by atoms with Gasteiger partial charge in [0.2, 0.25) is 0 Å². The van der Waals surface area contributed by atoms with E-state index in [1.54, 1.807) is 6.07 Å². The van der Waals surface area contributed by atoms with E-state index in [9.17, 15) is 10.1 Å². The van der Waals surface area contributed by atoms with E-state index < -0.39 is 4.92 Å². The van der Waals surface area contributed by atoms with Gasteiger partial charge < -0.3 is 10.9 Å². The molecule has 0 aromatic carbocycles. The Morgan fingerprint density at radius 1 is 1.63 bits per heavy atom. The summed E-state index contributed by atoms with van der Waals surface area (Å²) in [6.45, 7) is 4.23. The summed E-state index contributed by atoms with van der Waals surface area (Å²) in [5.41, 5.74) is 5.02. The molecule has 1 rings (SSSR count). The summed E-state index contributed by atoms with van der Waals surface area (Å²) in [7, 11) is 0. The van der Waals surface area contributed by atoms with Crippen LogP contribution < -0.4 is 5.73 Å². The molecule has 0 unspecified atom stereocenters. The summed E-state index contributed by atoms with van der Waals surface area (Å²) >= 11 is 1.49. The van der Waals surface area contributed by atoms with Gasteiger partial charge in [-0.3, -0.25) is 10.1 Å². The van der Waals surface area contributed by atoms with Crippen LogP contribution in [0, 0.1) is 16.0 Å². The number of hydrogen-bond donors (Lipinski definition) is 2. The SMILES string of the molecule is CC(C)CCSc1ccc([N+](=O)[O-])c(/C(N)=N/O)n1. The van der Waals surface area contributed by atoms with Gasteiger partial charge in [0, 0.05) is 6.07 Å². The Morgan fingerprint density at radius 3 is 2.84 bits per heavy atom. The van der Waals surface area contributed by atoms with Crippen molar-refractivity contribution in [2.24, 2.45) is 16.8 Å². The Bertz CT molecular complexity index is 491. The quantitative estimate of drug-likeness (QED) is 0.207. The topological polar surface area (TPSA) is 115 Å². The number of thioether (sulfide) groups is 1. The normalized spacial score (nSPS) is 11.8. The van der Waals surface area contributed by atoms with Crippen LogP contribution in [0.25, 0.3) is 0 Å². The molecule has 8 heteroatoms. The number of pyridine rings is 1. The van der Waals surface area contributed by atoms with E-state index in [2.05, 4.69) is 24.0 Å². The Labute approximate surface area is 115 Å². The van der Waals surface area contributed by atoms with E-state index in [-0.39, 0.29) is 17.2 Å². The average Bonchev–Trinajstić information content (AvgIpc) is 2.37. The molecule has 0 saturated carbocycles.